The zero-order valence-electron chi connectivity index (χ0n) is 16.4. The standard InChI is InChI=1S/C19H36N4O2/c1-17(2)22-10-6-20(7-11-22)14-18(24)23-12-8-21(9-13-23)15-19(4-5-19)16-25-3/h17H,4-16H2,1-3H3. The van der Waals surface area contributed by atoms with Crippen molar-refractivity contribution in [1.29, 1.82) is 0 Å². The number of carbonyl (C=O) groups excluding carboxylic acids is 1. The summed E-state index contributed by atoms with van der Waals surface area (Å²) < 4.78 is 5.38. The minimum Gasteiger partial charge on any atom is -0.384 e. The lowest BCUT2D eigenvalue weighted by Gasteiger charge is -2.39. The van der Waals surface area contributed by atoms with Crippen molar-refractivity contribution < 1.29 is 9.53 Å². The van der Waals surface area contributed by atoms with Gasteiger partial charge in [-0.2, -0.15) is 0 Å². The van der Waals surface area contributed by atoms with E-state index in [1.807, 2.05) is 0 Å². The van der Waals surface area contributed by atoms with E-state index in [1.165, 1.54) is 12.8 Å². The lowest BCUT2D eigenvalue weighted by Crippen LogP contribution is -2.55. The first-order valence-corrected chi connectivity index (χ1v) is 9.97. The van der Waals surface area contributed by atoms with Crippen LogP contribution in [0, 0.1) is 5.41 Å². The molecule has 3 aliphatic rings. The molecule has 0 atom stereocenters. The molecule has 2 heterocycles. The maximum atomic E-state index is 12.6. The summed E-state index contributed by atoms with van der Waals surface area (Å²) in [6.45, 7) is 15.1. The smallest absolute Gasteiger partial charge is 0.236 e. The third-order valence-corrected chi connectivity index (χ3v) is 6.19. The second-order valence-corrected chi connectivity index (χ2v) is 8.50. The number of ether oxygens (including phenoxy) is 1. The maximum absolute atomic E-state index is 12.6. The molecule has 0 aromatic heterocycles. The molecule has 0 bridgehead atoms. The molecule has 0 spiro atoms. The van der Waals surface area contributed by atoms with Crippen LogP contribution in [0.15, 0.2) is 0 Å². The summed E-state index contributed by atoms with van der Waals surface area (Å²) in [7, 11) is 1.80. The van der Waals surface area contributed by atoms with E-state index >= 15 is 0 Å². The van der Waals surface area contributed by atoms with Crippen LogP contribution in [0.2, 0.25) is 0 Å². The topological polar surface area (TPSA) is 39.3 Å². The van der Waals surface area contributed by atoms with Crippen LogP contribution in [-0.4, -0.2) is 111 Å². The van der Waals surface area contributed by atoms with E-state index in [4.69, 9.17) is 4.74 Å². The molecule has 25 heavy (non-hydrogen) atoms. The van der Waals surface area contributed by atoms with Gasteiger partial charge in [-0.05, 0) is 26.7 Å². The first-order valence-electron chi connectivity index (χ1n) is 9.97. The third kappa shape index (κ3) is 5.16. The molecule has 0 N–H and O–H groups in total. The minimum absolute atomic E-state index is 0.315. The molecule has 3 rings (SSSR count). The van der Waals surface area contributed by atoms with Gasteiger partial charge in [-0.15, -0.1) is 0 Å². The van der Waals surface area contributed by atoms with Gasteiger partial charge in [0.1, 0.15) is 0 Å². The van der Waals surface area contributed by atoms with Crippen LogP contribution >= 0.6 is 0 Å². The molecule has 2 aliphatic heterocycles. The second-order valence-electron chi connectivity index (χ2n) is 8.50. The zero-order chi connectivity index (χ0) is 17.9. The molecule has 144 valence electrons. The van der Waals surface area contributed by atoms with Crippen molar-refractivity contribution in [3.8, 4) is 0 Å². The van der Waals surface area contributed by atoms with Crippen LogP contribution in [0.25, 0.3) is 0 Å². The van der Waals surface area contributed by atoms with Gasteiger partial charge in [0.15, 0.2) is 0 Å². The van der Waals surface area contributed by atoms with E-state index < -0.39 is 0 Å². The highest BCUT2D eigenvalue weighted by Gasteiger charge is 2.44. The Labute approximate surface area is 153 Å². The van der Waals surface area contributed by atoms with Crippen molar-refractivity contribution in [2.75, 3.05) is 79.2 Å². The molecule has 1 aliphatic carbocycles. The lowest BCUT2D eigenvalue weighted by molar-refractivity contribution is -0.134. The van der Waals surface area contributed by atoms with Gasteiger partial charge in [0.2, 0.25) is 5.91 Å². The van der Waals surface area contributed by atoms with Gasteiger partial charge in [0, 0.05) is 77.5 Å². The van der Waals surface area contributed by atoms with Gasteiger partial charge in [0.25, 0.3) is 0 Å². The first kappa shape index (κ1) is 19.1. The van der Waals surface area contributed by atoms with Crippen molar-refractivity contribution in [2.45, 2.75) is 32.7 Å². The summed E-state index contributed by atoms with van der Waals surface area (Å²) in [5.41, 5.74) is 0.414. The van der Waals surface area contributed by atoms with E-state index in [0.717, 1.165) is 65.5 Å². The van der Waals surface area contributed by atoms with E-state index in [-0.39, 0.29) is 0 Å². The summed E-state index contributed by atoms with van der Waals surface area (Å²) in [5, 5.41) is 0. The minimum atomic E-state index is 0.315. The average Bonchev–Trinajstić information content (AvgIpc) is 3.35. The number of amides is 1. The van der Waals surface area contributed by atoms with Gasteiger partial charge < -0.3 is 9.64 Å². The van der Waals surface area contributed by atoms with Crippen LogP contribution in [-0.2, 0) is 9.53 Å². The van der Waals surface area contributed by atoms with E-state index in [9.17, 15) is 4.79 Å². The molecule has 2 saturated heterocycles. The Morgan fingerprint density at radius 3 is 2.08 bits per heavy atom. The number of methoxy groups -OCH3 is 1. The molecule has 3 fully saturated rings. The molecule has 0 aromatic carbocycles. The predicted molar refractivity (Wildman–Crippen MR) is 99.7 cm³/mol. The van der Waals surface area contributed by atoms with Crippen LogP contribution in [0.1, 0.15) is 26.7 Å². The Morgan fingerprint density at radius 2 is 1.56 bits per heavy atom. The number of piperazine rings is 2. The fraction of sp³-hybridized carbons (Fsp3) is 0.947. The van der Waals surface area contributed by atoms with Gasteiger partial charge in [0.05, 0.1) is 13.2 Å². The normalized spacial score (nSPS) is 25.5. The fourth-order valence-corrected chi connectivity index (χ4v) is 4.19. The van der Waals surface area contributed by atoms with Crippen molar-refractivity contribution in [3.63, 3.8) is 0 Å². The van der Waals surface area contributed by atoms with Crippen LogP contribution < -0.4 is 0 Å². The van der Waals surface area contributed by atoms with Crippen LogP contribution in [0.3, 0.4) is 0 Å². The molecule has 0 unspecified atom stereocenters. The molecule has 1 saturated carbocycles. The second kappa shape index (κ2) is 8.33. The van der Waals surface area contributed by atoms with Gasteiger partial charge >= 0.3 is 0 Å². The lowest BCUT2D eigenvalue weighted by atomic mass is 10.1. The quantitative estimate of drug-likeness (QED) is 0.670. The Kier molecular flexibility index (Phi) is 6.36. The average molecular weight is 353 g/mol. The Morgan fingerprint density at radius 1 is 0.960 bits per heavy atom. The van der Waals surface area contributed by atoms with Crippen LogP contribution in [0.5, 0.6) is 0 Å². The molecular weight excluding hydrogens is 316 g/mol. The maximum Gasteiger partial charge on any atom is 0.236 e. The molecule has 0 aromatic rings. The molecule has 6 nitrogen and oxygen atoms in total. The zero-order valence-corrected chi connectivity index (χ0v) is 16.4. The fourth-order valence-electron chi connectivity index (χ4n) is 4.19. The highest BCUT2D eigenvalue weighted by atomic mass is 16.5. The third-order valence-electron chi connectivity index (χ3n) is 6.19. The SMILES string of the molecule is COCC1(CN2CCN(C(=O)CN3CCN(C(C)C)CC3)CC2)CC1. The summed E-state index contributed by atoms with van der Waals surface area (Å²) in [5.74, 6) is 0.315. The van der Waals surface area contributed by atoms with E-state index in [2.05, 4.69) is 33.4 Å². The summed E-state index contributed by atoms with van der Waals surface area (Å²) in [4.78, 5) is 22.0. The largest absolute Gasteiger partial charge is 0.384 e. The Balaban J connectivity index is 1.36. The molecule has 6 heteroatoms. The number of hydrogen-bond donors (Lipinski definition) is 0. The number of rotatable bonds is 7. The summed E-state index contributed by atoms with van der Waals surface area (Å²) >= 11 is 0. The number of nitrogens with zero attached hydrogens (tertiary/aromatic N) is 4. The number of carbonyl (C=O) groups is 1. The number of hydrogen-bond acceptors (Lipinski definition) is 5. The van der Waals surface area contributed by atoms with Gasteiger partial charge in [-0.1, -0.05) is 0 Å². The van der Waals surface area contributed by atoms with Crippen molar-refractivity contribution in [3.05, 3.63) is 0 Å². The van der Waals surface area contributed by atoms with Gasteiger partial charge in [-0.25, -0.2) is 0 Å². The molecular formula is C19H36N4O2. The highest BCUT2D eigenvalue weighted by Crippen LogP contribution is 2.46. The van der Waals surface area contributed by atoms with E-state index in [1.54, 1.807) is 7.11 Å². The van der Waals surface area contributed by atoms with E-state index in [0.29, 0.717) is 23.9 Å². The van der Waals surface area contributed by atoms with Gasteiger partial charge in [-0.3, -0.25) is 19.5 Å². The first-order chi connectivity index (χ1) is 12.0. The summed E-state index contributed by atoms with van der Waals surface area (Å²) in [6, 6.07) is 0.610. The molecule has 0 radical (unpaired) electrons. The Bertz CT molecular complexity index is 437. The van der Waals surface area contributed by atoms with Crippen molar-refractivity contribution in [1.82, 2.24) is 19.6 Å². The molecule has 1 amide bonds. The Hall–Kier alpha value is -0.690. The summed E-state index contributed by atoms with van der Waals surface area (Å²) in [6.07, 6.45) is 2.59. The highest BCUT2D eigenvalue weighted by molar-refractivity contribution is 5.78. The monoisotopic (exact) mass is 352 g/mol. The van der Waals surface area contributed by atoms with Crippen LogP contribution in [0.4, 0.5) is 0 Å². The predicted octanol–water partition coefficient (Wildman–Crippen LogP) is 0.583. The van der Waals surface area contributed by atoms with Crippen molar-refractivity contribution >= 4 is 5.91 Å². The van der Waals surface area contributed by atoms with Crippen molar-refractivity contribution in [2.24, 2.45) is 5.41 Å².